The molecule has 0 bridgehead atoms. The Labute approximate surface area is 215 Å². The number of nitrogen functional groups attached to an aromatic ring is 1. The molecule has 0 aliphatic heterocycles. The van der Waals surface area contributed by atoms with Gasteiger partial charge in [-0.05, 0) is 61.0 Å². The van der Waals surface area contributed by atoms with E-state index in [-0.39, 0.29) is 11.5 Å². The second-order valence-electron chi connectivity index (χ2n) is 7.36. The fourth-order valence-corrected chi connectivity index (χ4v) is 3.46. The number of amides is 1. The van der Waals surface area contributed by atoms with Crippen molar-refractivity contribution < 1.29 is 22.7 Å². The third-order valence-corrected chi connectivity index (χ3v) is 5.00. The maximum Gasteiger partial charge on any atom is 0.416 e. The number of alkyl halides is 3. The number of halogens is 3. The van der Waals surface area contributed by atoms with Crippen molar-refractivity contribution in [2.24, 2.45) is 0 Å². The highest BCUT2D eigenvalue weighted by atomic mass is 19.4. The third kappa shape index (κ3) is 7.33. The molecular formula is C28H33F3N4O2. The second kappa shape index (κ2) is 13.5. The van der Waals surface area contributed by atoms with Gasteiger partial charge in [0.05, 0.1) is 28.9 Å². The summed E-state index contributed by atoms with van der Waals surface area (Å²) in [5, 5.41) is 2.65. The van der Waals surface area contributed by atoms with Gasteiger partial charge < -0.3 is 10.5 Å². The predicted molar refractivity (Wildman–Crippen MR) is 143 cm³/mol. The molecule has 6 nitrogen and oxygen atoms in total. The zero-order valence-corrected chi connectivity index (χ0v) is 21.7. The molecule has 0 spiro atoms. The molecule has 0 fully saturated rings. The lowest BCUT2D eigenvalue weighted by Crippen LogP contribution is -2.16. The van der Waals surface area contributed by atoms with E-state index in [4.69, 9.17) is 10.5 Å². The average molecular weight is 515 g/mol. The highest BCUT2D eigenvalue weighted by Gasteiger charge is 2.31. The van der Waals surface area contributed by atoms with Crippen LogP contribution >= 0.6 is 0 Å². The number of rotatable bonds is 6. The van der Waals surface area contributed by atoms with Gasteiger partial charge in [0.15, 0.2) is 0 Å². The molecule has 4 aromatic rings. The van der Waals surface area contributed by atoms with Gasteiger partial charge >= 0.3 is 6.18 Å². The number of nitrogens with two attached hydrogens (primary N) is 1. The average Bonchev–Trinajstić information content (AvgIpc) is 3.26. The maximum atomic E-state index is 13.1. The predicted octanol–water partition coefficient (Wildman–Crippen LogP) is 7.47. The minimum absolute atomic E-state index is 0.131. The molecule has 0 radical (unpaired) electrons. The summed E-state index contributed by atoms with van der Waals surface area (Å²) in [5.74, 6) is -0.553. The first-order valence-electron chi connectivity index (χ1n) is 12.2. The molecular weight excluding hydrogens is 481 g/mol. The van der Waals surface area contributed by atoms with Crippen LogP contribution in [0.25, 0.3) is 16.7 Å². The largest absolute Gasteiger partial charge is 0.416 e. The van der Waals surface area contributed by atoms with E-state index in [1.165, 1.54) is 12.1 Å². The number of hydrogen-bond donors (Lipinski definition) is 2. The number of hydrogen-bond acceptors (Lipinski definition) is 4. The lowest BCUT2D eigenvalue weighted by Gasteiger charge is -2.12. The van der Waals surface area contributed by atoms with Crippen LogP contribution in [-0.2, 0) is 17.5 Å². The van der Waals surface area contributed by atoms with Crippen molar-refractivity contribution >= 4 is 28.6 Å². The summed E-state index contributed by atoms with van der Waals surface area (Å²) >= 11 is 0. The van der Waals surface area contributed by atoms with Crippen LogP contribution in [0.5, 0.6) is 0 Å². The molecule has 3 N–H and O–H groups in total. The van der Waals surface area contributed by atoms with Gasteiger partial charge in [-0.2, -0.15) is 13.2 Å². The summed E-state index contributed by atoms with van der Waals surface area (Å²) in [4.78, 5) is 17.4. The van der Waals surface area contributed by atoms with Gasteiger partial charge in [0.1, 0.15) is 0 Å². The van der Waals surface area contributed by atoms with Crippen LogP contribution in [0.15, 0.2) is 66.7 Å². The van der Waals surface area contributed by atoms with Crippen LogP contribution in [0, 0.1) is 0 Å². The molecule has 1 heterocycles. The van der Waals surface area contributed by atoms with Gasteiger partial charge in [-0.3, -0.25) is 14.7 Å². The van der Waals surface area contributed by atoms with Crippen molar-refractivity contribution in [3.8, 4) is 5.69 Å². The molecule has 3 aromatic carbocycles. The van der Waals surface area contributed by atoms with Crippen molar-refractivity contribution in [2.45, 2.75) is 47.4 Å². The van der Waals surface area contributed by atoms with Crippen molar-refractivity contribution in [3.63, 3.8) is 0 Å². The minimum Gasteiger partial charge on any atom is -0.399 e. The molecule has 9 heteroatoms. The normalized spacial score (nSPS) is 10.7. The number of carbonyl (C=O) groups is 1. The molecule has 0 aliphatic rings. The molecule has 1 amide bonds. The Morgan fingerprint density at radius 2 is 1.70 bits per heavy atom. The Bertz CT molecular complexity index is 1320. The van der Waals surface area contributed by atoms with Gasteiger partial charge in [-0.1, -0.05) is 45.9 Å². The van der Waals surface area contributed by atoms with Crippen molar-refractivity contribution in [2.75, 3.05) is 17.7 Å². The van der Waals surface area contributed by atoms with E-state index in [0.29, 0.717) is 35.6 Å². The molecule has 0 saturated carbocycles. The van der Waals surface area contributed by atoms with E-state index in [1.807, 2.05) is 52.8 Å². The first kappa shape index (κ1) is 29.4. The molecule has 0 saturated heterocycles. The number of imidazole rings is 1. The quantitative estimate of drug-likeness (QED) is 0.262. The van der Waals surface area contributed by atoms with E-state index >= 15 is 0 Å². The number of anilines is 2. The number of ether oxygens (including phenoxy) is 1. The van der Waals surface area contributed by atoms with Crippen molar-refractivity contribution in [3.05, 3.63) is 83.4 Å². The van der Waals surface area contributed by atoms with Crippen LogP contribution in [0.3, 0.4) is 0 Å². The molecule has 0 aliphatic carbocycles. The van der Waals surface area contributed by atoms with Gasteiger partial charge in [-0.15, -0.1) is 0 Å². The molecule has 37 heavy (non-hydrogen) atoms. The Hall–Kier alpha value is -3.85. The number of nitrogens with zero attached hydrogens (tertiary/aromatic N) is 2. The standard InChI is InChI=1S/C24H21F3N4O2.2C2H6/c1-2-33-14-15-9-10-21-20(11-15)29-23(31(21)19-8-4-7-18(28)13-19)30-22(32)16-5-3-6-17(12-16)24(25,26)27;2*1-2/h3-13H,2,14,28H2,1H3,(H,29,30,32);2*1-2H3. The Morgan fingerprint density at radius 1 is 1.00 bits per heavy atom. The van der Waals surface area contributed by atoms with E-state index in [9.17, 15) is 18.0 Å². The van der Waals surface area contributed by atoms with Crippen LogP contribution in [-0.4, -0.2) is 22.1 Å². The topological polar surface area (TPSA) is 82.2 Å². The first-order chi connectivity index (χ1) is 17.8. The number of fused-ring (bicyclic) bond motifs is 1. The van der Waals surface area contributed by atoms with Crippen LogP contribution in [0.1, 0.15) is 56.1 Å². The number of aromatic nitrogens is 2. The van der Waals surface area contributed by atoms with Crippen LogP contribution in [0.4, 0.5) is 24.8 Å². The highest BCUT2D eigenvalue weighted by molar-refractivity contribution is 6.04. The Kier molecular flexibility index (Phi) is 10.7. The third-order valence-electron chi connectivity index (χ3n) is 5.00. The lowest BCUT2D eigenvalue weighted by atomic mass is 10.1. The SMILES string of the molecule is CC.CC.CCOCc1ccc2c(c1)nc(NC(=O)c1cccc(C(F)(F)F)c1)n2-c1cccc(N)c1. The number of benzene rings is 3. The van der Waals surface area contributed by atoms with Crippen LogP contribution in [0.2, 0.25) is 0 Å². The van der Waals surface area contributed by atoms with E-state index in [0.717, 1.165) is 17.7 Å². The summed E-state index contributed by atoms with van der Waals surface area (Å²) in [6.07, 6.45) is -4.55. The van der Waals surface area contributed by atoms with Gasteiger partial charge in [0.2, 0.25) is 5.95 Å². The summed E-state index contributed by atoms with van der Waals surface area (Å²) in [7, 11) is 0. The summed E-state index contributed by atoms with van der Waals surface area (Å²) in [6.45, 7) is 10.9. The monoisotopic (exact) mass is 514 g/mol. The number of nitrogens with one attached hydrogen (secondary N) is 1. The van der Waals surface area contributed by atoms with Gasteiger partial charge in [-0.25, -0.2) is 4.98 Å². The maximum absolute atomic E-state index is 13.1. The molecule has 0 atom stereocenters. The van der Waals surface area contributed by atoms with Crippen molar-refractivity contribution in [1.82, 2.24) is 9.55 Å². The Morgan fingerprint density at radius 3 is 2.35 bits per heavy atom. The van der Waals surface area contributed by atoms with E-state index < -0.39 is 17.6 Å². The lowest BCUT2D eigenvalue weighted by molar-refractivity contribution is -0.137. The second-order valence-corrected chi connectivity index (χ2v) is 7.36. The molecule has 198 valence electrons. The summed E-state index contributed by atoms with van der Waals surface area (Å²) in [5.41, 5.74) is 8.25. The van der Waals surface area contributed by atoms with Gasteiger partial charge in [0.25, 0.3) is 5.91 Å². The molecule has 0 unspecified atom stereocenters. The molecule has 4 rings (SSSR count). The first-order valence-corrected chi connectivity index (χ1v) is 12.2. The number of carbonyl (C=O) groups excluding carboxylic acids is 1. The van der Waals surface area contributed by atoms with E-state index in [2.05, 4.69) is 10.3 Å². The smallest absolute Gasteiger partial charge is 0.399 e. The van der Waals surface area contributed by atoms with Gasteiger partial charge in [0, 0.05) is 17.9 Å². The highest BCUT2D eigenvalue weighted by Crippen LogP contribution is 2.30. The Balaban J connectivity index is 0.00000115. The molecule has 1 aromatic heterocycles. The summed E-state index contributed by atoms with van der Waals surface area (Å²) < 4.78 is 46.4. The zero-order valence-electron chi connectivity index (χ0n) is 21.7. The summed E-state index contributed by atoms with van der Waals surface area (Å²) in [6, 6.07) is 16.8. The fraction of sp³-hybridized carbons (Fsp3) is 0.286. The zero-order chi connectivity index (χ0) is 27.6. The van der Waals surface area contributed by atoms with Crippen molar-refractivity contribution in [1.29, 1.82) is 0 Å². The van der Waals surface area contributed by atoms with E-state index in [1.54, 1.807) is 28.8 Å². The minimum atomic E-state index is -4.55. The van der Waals surface area contributed by atoms with Crippen LogP contribution < -0.4 is 11.1 Å². The fourth-order valence-electron chi connectivity index (χ4n) is 3.46.